The normalized spacial score (nSPS) is 16.7. The fourth-order valence-electron chi connectivity index (χ4n) is 4.68. The largest absolute Gasteiger partial charge is 0.445 e. The van der Waals surface area contributed by atoms with Crippen LogP contribution in [0.5, 0.6) is 0 Å². The van der Waals surface area contributed by atoms with E-state index in [0.29, 0.717) is 25.9 Å². The van der Waals surface area contributed by atoms with Crippen molar-refractivity contribution in [2.75, 3.05) is 19.6 Å². The predicted octanol–water partition coefficient (Wildman–Crippen LogP) is 3.45. The third-order valence-electron chi connectivity index (χ3n) is 6.61. The van der Waals surface area contributed by atoms with Crippen LogP contribution in [-0.2, 0) is 27.4 Å². The highest BCUT2D eigenvalue weighted by atomic mass is 19.1. The molecule has 0 radical (unpaired) electrons. The summed E-state index contributed by atoms with van der Waals surface area (Å²) in [6.07, 6.45) is 2.19. The molecule has 206 valence electrons. The molecule has 3 rings (SSSR count). The first kappa shape index (κ1) is 29.1. The summed E-state index contributed by atoms with van der Waals surface area (Å²) in [7, 11) is 0. The zero-order valence-electron chi connectivity index (χ0n) is 22.3. The van der Waals surface area contributed by atoms with Gasteiger partial charge in [-0.25, -0.2) is 9.18 Å². The van der Waals surface area contributed by atoms with E-state index in [2.05, 4.69) is 17.6 Å². The minimum absolute atomic E-state index is 0.00850. The van der Waals surface area contributed by atoms with Crippen LogP contribution in [0, 0.1) is 18.7 Å². The summed E-state index contributed by atoms with van der Waals surface area (Å²) < 4.78 is 19.3. The first-order valence-corrected chi connectivity index (χ1v) is 13.3. The van der Waals surface area contributed by atoms with E-state index in [9.17, 15) is 18.8 Å². The molecule has 0 aliphatic carbocycles. The summed E-state index contributed by atoms with van der Waals surface area (Å²) in [4.78, 5) is 39.3. The van der Waals surface area contributed by atoms with Gasteiger partial charge >= 0.3 is 6.09 Å². The number of unbranched alkanes of at least 4 members (excludes halogenated alkanes) is 1. The van der Waals surface area contributed by atoms with Crippen LogP contribution in [0.4, 0.5) is 9.18 Å². The smallest absolute Gasteiger partial charge is 0.407 e. The van der Waals surface area contributed by atoms with Gasteiger partial charge in [0.15, 0.2) is 0 Å². The van der Waals surface area contributed by atoms with Gasteiger partial charge in [0.25, 0.3) is 0 Å². The standard InChI is InChI=1S/C29H39FN4O4/c1-3-4-10-34-18-23(15-27(34)35)28(36)33-26(14-22-11-20(2)12-24(30)13-22)16-25(31)17-32-29(37)38-19-21-8-6-5-7-9-21/h5-9,11-13,23,25-26H,3-4,10,14-19,31H2,1-2H3,(H,32,37)(H,33,36)/t23?,25-,26?/m0/s1. The van der Waals surface area contributed by atoms with Crippen molar-refractivity contribution in [1.82, 2.24) is 15.5 Å². The lowest BCUT2D eigenvalue weighted by Crippen LogP contribution is -2.46. The van der Waals surface area contributed by atoms with Crippen LogP contribution in [0.25, 0.3) is 0 Å². The highest BCUT2D eigenvalue weighted by molar-refractivity contribution is 5.89. The SMILES string of the molecule is CCCCN1CC(C(=O)NC(Cc2cc(C)cc(F)c2)C[C@H](N)CNC(=O)OCc2ccccc2)CC1=O. The molecule has 1 aliphatic heterocycles. The number of carbonyl (C=O) groups excluding carboxylic acids is 3. The Balaban J connectivity index is 1.57. The Labute approximate surface area is 224 Å². The molecule has 1 heterocycles. The topological polar surface area (TPSA) is 114 Å². The van der Waals surface area contributed by atoms with Gasteiger partial charge in [0.1, 0.15) is 12.4 Å². The molecule has 0 aromatic heterocycles. The molecule has 1 fully saturated rings. The molecule has 1 aliphatic rings. The number of alkyl carbamates (subject to hydrolysis) is 1. The molecule has 3 amide bonds. The van der Waals surface area contributed by atoms with Gasteiger partial charge in [0.05, 0.1) is 5.92 Å². The van der Waals surface area contributed by atoms with Gasteiger partial charge in [-0.15, -0.1) is 0 Å². The first-order chi connectivity index (χ1) is 18.2. The maximum atomic E-state index is 14.0. The molecule has 4 N–H and O–H groups in total. The van der Waals surface area contributed by atoms with Crippen molar-refractivity contribution in [3.05, 3.63) is 71.0 Å². The third kappa shape index (κ3) is 9.45. The summed E-state index contributed by atoms with van der Waals surface area (Å²) in [5.41, 5.74) is 8.71. The number of amides is 3. The van der Waals surface area contributed by atoms with Crippen LogP contribution in [0.15, 0.2) is 48.5 Å². The highest BCUT2D eigenvalue weighted by Crippen LogP contribution is 2.20. The minimum atomic E-state index is -0.581. The van der Waals surface area contributed by atoms with E-state index in [1.54, 1.807) is 4.90 Å². The van der Waals surface area contributed by atoms with Crippen molar-refractivity contribution in [3.63, 3.8) is 0 Å². The molecule has 9 heteroatoms. The second kappa shape index (κ2) is 14.5. The third-order valence-corrected chi connectivity index (χ3v) is 6.61. The number of likely N-dealkylation sites (tertiary alicyclic amines) is 1. The van der Waals surface area contributed by atoms with E-state index in [-0.39, 0.29) is 37.2 Å². The molecule has 0 bridgehead atoms. The Morgan fingerprint density at radius 2 is 1.95 bits per heavy atom. The van der Waals surface area contributed by atoms with Crippen LogP contribution in [0.3, 0.4) is 0 Å². The number of rotatable bonds is 13. The summed E-state index contributed by atoms with van der Waals surface area (Å²) in [6, 6.07) is 13.2. The lowest BCUT2D eigenvalue weighted by atomic mass is 9.97. The molecular weight excluding hydrogens is 487 g/mol. The second-order valence-corrected chi connectivity index (χ2v) is 10.1. The Bertz CT molecular complexity index is 1060. The molecule has 38 heavy (non-hydrogen) atoms. The molecule has 0 saturated carbocycles. The van der Waals surface area contributed by atoms with Crippen molar-refractivity contribution in [2.45, 2.75) is 64.6 Å². The second-order valence-electron chi connectivity index (χ2n) is 10.1. The zero-order valence-corrected chi connectivity index (χ0v) is 22.3. The molecule has 2 unspecified atom stereocenters. The van der Waals surface area contributed by atoms with E-state index in [0.717, 1.165) is 29.5 Å². The van der Waals surface area contributed by atoms with Gasteiger partial charge in [0.2, 0.25) is 11.8 Å². The van der Waals surface area contributed by atoms with Crippen molar-refractivity contribution in [3.8, 4) is 0 Å². The van der Waals surface area contributed by atoms with Gasteiger partial charge in [0, 0.05) is 38.1 Å². The van der Waals surface area contributed by atoms with E-state index in [1.807, 2.05) is 43.3 Å². The predicted molar refractivity (Wildman–Crippen MR) is 144 cm³/mol. The van der Waals surface area contributed by atoms with Crippen LogP contribution >= 0.6 is 0 Å². The maximum Gasteiger partial charge on any atom is 0.407 e. The number of carbonyl (C=O) groups is 3. The number of halogens is 1. The Kier molecular flexibility index (Phi) is 11.1. The summed E-state index contributed by atoms with van der Waals surface area (Å²) in [6.45, 7) is 5.22. The fraction of sp³-hybridized carbons (Fsp3) is 0.483. The maximum absolute atomic E-state index is 14.0. The van der Waals surface area contributed by atoms with E-state index >= 15 is 0 Å². The number of nitrogens with two attached hydrogens (primary N) is 1. The van der Waals surface area contributed by atoms with E-state index in [4.69, 9.17) is 10.5 Å². The van der Waals surface area contributed by atoms with Gasteiger partial charge in [-0.1, -0.05) is 49.7 Å². The molecular formula is C29H39FN4O4. The van der Waals surface area contributed by atoms with Crippen LogP contribution in [0.1, 0.15) is 49.3 Å². The molecule has 8 nitrogen and oxygen atoms in total. The number of hydrogen-bond donors (Lipinski definition) is 3. The quantitative estimate of drug-likeness (QED) is 0.370. The van der Waals surface area contributed by atoms with Crippen molar-refractivity contribution >= 4 is 17.9 Å². The van der Waals surface area contributed by atoms with Crippen molar-refractivity contribution in [1.29, 1.82) is 0 Å². The van der Waals surface area contributed by atoms with Crippen LogP contribution in [0.2, 0.25) is 0 Å². The summed E-state index contributed by atoms with van der Waals surface area (Å²) in [5, 5.41) is 5.71. The lowest BCUT2D eigenvalue weighted by Gasteiger charge is -2.24. The number of nitrogens with zero attached hydrogens (tertiary/aromatic N) is 1. The molecule has 2 aromatic carbocycles. The fourth-order valence-corrected chi connectivity index (χ4v) is 4.68. The van der Waals surface area contributed by atoms with Gasteiger partial charge in [-0.2, -0.15) is 0 Å². The van der Waals surface area contributed by atoms with Crippen molar-refractivity contribution in [2.24, 2.45) is 11.7 Å². The number of aryl methyl sites for hydroxylation is 1. The monoisotopic (exact) mass is 526 g/mol. The number of nitrogens with one attached hydrogen (secondary N) is 2. The Hall–Kier alpha value is -3.46. The number of benzene rings is 2. The molecule has 0 spiro atoms. The highest BCUT2D eigenvalue weighted by Gasteiger charge is 2.34. The van der Waals surface area contributed by atoms with Gasteiger partial charge < -0.3 is 26.0 Å². The van der Waals surface area contributed by atoms with E-state index in [1.165, 1.54) is 12.1 Å². The molecule has 1 saturated heterocycles. The van der Waals surface area contributed by atoms with Crippen LogP contribution < -0.4 is 16.4 Å². The average molecular weight is 527 g/mol. The summed E-state index contributed by atoms with van der Waals surface area (Å²) in [5.74, 6) is -0.993. The minimum Gasteiger partial charge on any atom is -0.445 e. The Morgan fingerprint density at radius 3 is 2.66 bits per heavy atom. The lowest BCUT2D eigenvalue weighted by molar-refractivity contribution is -0.129. The van der Waals surface area contributed by atoms with Crippen LogP contribution in [-0.4, -0.2) is 54.5 Å². The molecule has 3 atom stereocenters. The van der Waals surface area contributed by atoms with Gasteiger partial charge in [-0.3, -0.25) is 9.59 Å². The van der Waals surface area contributed by atoms with E-state index < -0.39 is 24.1 Å². The Morgan fingerprint density at radius 1 is 1.18 bits per heavy atom. The zero-order chi connectivity index (χ0) is 27.5. The molecule has 2 aromatic rings. The van der Waals surface area contributed by atoms with Gasteiger partial charge in [-0.05, 0) is 55.0 Å². The number of hydrogen-bond acceptors (Lipinski definition) is 5. The average Bonchev–Trinajstić information content (AvgIpc) is 3.25. The van der Waals surface area contributed by atoms with Crippen molar-refractivity contribution < 1.29 is 23.5 Å². The first-order valence-electron chi connectivity index (χ1n) is 13.3. The summed E-state index contributed by atoms with van der Waals surface area (Å²) >= 11 is 0. The number of ether oxygens (including phenoxy) is 1.